The number of nitrogens with two attached hydrogens (primary N) is 1. The molecule has 1 aliphatic rings. The van der Waals surface area contributed by atoms with Crippen molar-refractivity contribution in [2.24, 2.45) is 5.14 Å². The number of nitrogens with one attached hydrogen (secondary N) is 1. The summed E-state index contributed by atoms with van der Waals surface area (Å²) in [7, 11) is -3.88. The second-order valence-corrected chi connectivity index (χ2v) is 9.89. The van der Waals surface area contributed by atoms with Gasteiger partial charge in [0.05, 0.1) is 11.4 Å². The number of nitrogens with zero attached hydrogens (tertiary/aromatic N) is 1. The van der Waals surface area contributed by atoms with Crippen LogP contribution in [0.5, 0.6) is 0 Å². The molecule has 0 atom stereocenters. The predicted molar refractivity (Wildman–Crippen MR) is 120 cm³/mol. The number of halogens is 1. The van der Waals surface area contributed by atoms with Crippen LogP contribution < -0.4 is 10.5 Å². The summed E-state index contributed by atoms with van der Waals surface area (Å²) < 4.78 is 36.8. The summed E-state index contributed by atoms with van der Waals surface area (Å²) in [4.78, 5) is 15.0. The smallest absolute Gasteiger partial charge is 0.238 e. The van der Waals surface area contributed by atoms with Gasteiger partial charge in [0.15, 0.2) is 0 Å². The van der Waals surface area contributed by atoms with Crippen LogP contribution in [0.3, 0.4) is 0 Å². The first-order chi connectivity index (χ1) is 14.6. The van der Waals surface area contributed by atoms with E-state index in [0.29, 0.717) is 12.2 Å². The summed E-state index contributed by atoms with van der Waals surface area (Å²) in [6.45, 7) is 4.32. The number of aryl methyl sites for hydroxylation is 1. The summed E-state index contributed by atoms with van der Waals surface area (Å²) in [5.74, 6) is -0.506. The largest absolute Gasteiger partial charge is 0.325 e. The van der Waals surface area contributed by atoms with Crippen LogP contribution in [-0.4, -0.2) is 31.8 Å². The number of hydrogen-bond acceptors (Lipinski definition) is 4. The van der Waals surface area contributed by atoms with Gasteiger partial charge in [-0.15, -0.1) is 0 Å². The van der Waals surface area contributed by atoms with Crippen molar-refractivity contribution in [2.45, 2.75) is 63.4 Å². The summed E-state index contributed by atoms with van der Waals surface area (Å²) in [5.41, 5.74) is 2.92. The van der Waals surface area contributed by atoms with Gasteiger partial charge in [-0.25, -0.2) is 17.9 Å². The molecule has 3 N–H and O–H groups in total. The minimum Gasteiger partial charge on any atom is -0.325 e. The van der Waals surface area contributed by atoms with Crippen molar-refractivity contribution in [3.8, 4) is 0 Å². The molecule has 1 amide bonds. The molecule has 2 aromatic carbocycles. The molecular formula is C23H30FN3O3S. The van der Waals surface area contributed by atoms with Crippen molar-refractivity contribution in [1.82, 2.24) is 4.90 Å². The molecule has 0 radical (unpaired) electrons. The lowest BCUT2D eigenvalue weighted by Gasteiger charge is -2.34. The second-order valence-electron chi connectivity index (χ2n) is 8.33. The Balaban J connectivity index is 1.78. The van der Waals surface area contributed by atoms with Crippen LogP contribution in [0, 0.1) is 19.7 Å². The van der Waals surface area contributed by atoms with Gasteiger partial charge in [-0.2, -0.15) is 0 Å². The standard InChI is InChI=1S/C23H30FN3O3S/c1-16-12-21(31(25,29)30)13-22(17(16)2)26-23(28)15-27(20-6-4-3-5-7-20)14-18-8-10-19(24)11-9-18/h8-13,20H,3-7,14-15H2,1-2H3,(H,26,28)(H2,25,29,30). The molecule has 1 saturated carbocycles. The Hall–Kier alpha value is -2.29. The molecule has 0 bridgehead atoms. The van der Waals surface area contributed by atoms with Gasteiger partial charge in [-0.3, -0.25) is 9.69 Å². The average Bonchev–Trinajstić information content (AvgIpc) is 2.72. The highest BCUT2D eigenvalue weighted by Crippen LogP contribution is 2.26. The highest BCUT2D eigenvalue weighted by Gasteiger charge is 2.24. The third-order valence-corrected chi connectivity index (χ3v) is 6.87. The number of carbonyl (C=O) groups is 1. The Morgan fingerprint density at radius 2 is 1.77 bits per heavy atom. The van der Waals surface area contributed by atoms with Gasteiger partial charge >= 0.3 is 0 Å². The maximum absolute atomic E-state index is 13.3. The Bertz CT molecular complexity index is 1030. The zero-order valence-corrected chi connectivity index (χ0v) is 18.8. The number of hydrogen-bond donors (Lipinski definition) is 2. The molecule has 0 aliphatic heterocycles. The number of carbonyl (C=O) groups excluding carboxylic acids is 1. The highest BCUT2D eigenvalue weighted by molar-refractivity contribution is 7.89. The lowest BCUT2D eigenvalue weighted by atomic mass is 9.93. The van der Waals surface area contributed by atoms with Crippen LogP contribution in [0.15, 0.2) is 41.3 Å². The van der Waals surface area contributed by atoms with Crippen LogP contribution >= 0.6 is 0 Å². The SMILES string of the molecule is Cc1cc(S(N)(=O)=O)cc(NC(=O)CN(Cc2ccc(F)cc2)C2CCCCC2)c1C. The molecule has 1 fully saturated rings. The summed E-state index contributed by atoms with van der Waals surface area (Å²) in [6.07, 6.45) is 5.49. The maximum atomic E-state index is 13.3. The molecule has 0 heterocycles. The van der Waals surface area contributed by atoms with Crippen molar-refractivity contribution in [3.63, 3.8) is 0 Å². The Kier molecular flexibility index (Phi) is 7.46. The Morgan fingerprint density at radius 3 is 2.39 bits per heavy atom. The van der Waals surface area contributed by atoms with Crippen molar-refractivity contribution >= 4 is 21.6 Å². The molecule has 8 heteroatoms. The first-order valence-corrected chi connectivity index (χ1v) is 12.1. The van der Waals surface area contributed by atoms with Crippen LogP contribution in [0.25, 0.3) is 0 Å². The minimum atomic E-state index is -3.88. The maximum Gasteiger partial charge on any atom is 0.238 e. The average molecular weight is 448 g/mol. The fourth-order valence-electron chi connectivity index (χ4n) is 4.08. The monoisotopic (exact) mass is 447 g/mol. The zero-order chi connectivity index (χ0) is 22.6. The van der Waals surface area contributed by atoms with Crippen molar-refractivity contribution < 1.29 is 17.6 Å². The van der Waals surface area contributed by atoms with E-state index in [-0.39, 0.29) is 29.2 Å². The third kappa shape index (κ3) is 6.35. The lowest BCUT2D eigenvalue weighted by molar-refractivity contribution is -0.118. The zero-order valence-electron chi connectivity index (χ0n) is 18.0. The van der Waals surface area contributed by atoms with E-state index in [1.807, 2.05) is 6.92 Å². The molecule has 168 valence electrons. The summed E-state index contributed by atoms with van der Waals surface area (Å²) in [5, 5.41) is 8.14. The fraction of sp³-hybridized carbons (Fsp3) is 0.435. The number of amides is 1. The van der Waals surface area contributed by atoms with Gasteiger partial charge < -0.3 is 5.32 Å². The van der Waals surface area contributed by atoms with E-state index in [1.165, 1.54) is 30.7 Å². The number of anilines is 1. The van der Waals surface area contributed by atoms with Crippen LogP contribution in [0.2, 0.25) is 0 Å². The van der Waals surface area contributed by atoms with Gasteiger partial charge in [-0.05, 0) is 67.6 Å². The molecule has 0 saturated heterocycles. The van der Waals surface area contributed by atoms with Crippen LogP contribution in [0.1, 0.15) is 48.8 Å². The molecule has 6 nitrogen and oxygen atoms in total. The topological polar surface area (TPSA) is 92.5 Å². The summed E-state index contributed by atoms with van der Waals surface area (Å²) in [6, 6.07) is 9.53. The molecular weight excluding hydrogens is 417 g/mol. The van der Waals surface area contributed by atoms with E-state index < -0.39 is 10.0 Å². The van der Waals surface area contributed by atoms with E-state index in [2.05, 4.69) is 10.2 Å². The van der Waals surface area contributed by atoms with Gasteiger partial charge in [0, 0.05) is 18.3 Å². The Morgan fingerprint density at radius 1 is 1.13 bits per heavy atom. The van der Waals surface area contributed by atoms with Gasteiger partial charge in [0.2, 0.25) is 15.9 Å². The Labute approximate surface area is 183 Å². The molecule has 0 spiro atoms. The first kappa shape index (κ1) is 23.4. The molecule has 0 unspecified atom stereocenters. The molecule has 2 aromatic rings. The molecule has 0 aromatic heterocycles. The fourth-order valence-corrected chi connectivity index (χ4v) is 4.70. The van der Waals surface area contributed by atoms with E-state index in [9.17, 15) is 17.6 Å². The minimum absolute atomic E-state index is 0.0265. The van der Waals surface area contributed by atoms with Gasteiger partial charge in [-0.1, -0.05) is 31.4 Å². The quantitative estimate of drug-likeness (QED) is 0.674. The first-order valence-electron chi connectivity index (χ1n) is 10.6. The van der Waals surface area contributed by atoms with E-state index in [4.69, 9.17) is 5.14 Å². The van der Waals surface area contributed by atoms with E-state index in [1.54, 1.807) is 19.1 Å². The second kappa shape index (κ2) is 9.89. The van der Waals surface area contributed by atoms with E-state index in [0.717, 1.165) is 42.4 Å². The number of benzene rings is 2. The van der Waals surface area contributed by atoms with Crippen LogP contribution in [0.4, 0.5) is 10.1 Å². The van der Waals surface area contributed by atoms with Crippen molar-refractivity contribution in [1.29, 1.82) is 0 Å². The predicted octanol–water partition coefficient (Wildman–Crippen LogP) is 3.86. The summed E-state index contributed by atoms with van der Waals surface area (Å²) >= 11 is 0. The number of rotatable bonds is 7. The molecule has 1 aliphatic carbocycles. The molecule has 3 rings (SSSR count). The normalized spacial score (nSPS) is 15.3. The highest BCUT2D eigenvalue weighted by atomic mass is 32.2. The van der Waals surface area contributed by atoms with Crippen molar-refractivity contribution in [2.75, 3.05) is 11.9 Å². The molecule has 31 heavy (non-hydrogen) atoms. The van der Waals surface area contributed by atoms with Crippen LogP contribution in [-0.2, 0) is 21.4 Å². The third-order valence-electron chi connectivity index (χ3n) is 5.98. The van der Waals surface area contributed by atoms with Gasteiger partial charge in [0.25, 0.3) is 0 Å². The number of sulfonamides is 1. The van der Waals surface area contributed by atoms with Crippen molar-refractivity contribution in [3.05, 3.63) is 58.9 Å². The van der Waals surface area contributed by atoms with E-state index >= 15 is 0 Å². The number of primary sulfonamides is 1. The lowest BCUT2D eigenvalue weighted by Crippen LogP contribution is -2.41. The van der Waals surface area contributed by atoms with Gasteiger partial charge in [0.1, 0.15) is 5.82 Å².